The summed E-state index contributed by atoms with van der Waals surface area (Å²) in [7, 11) is 0. The van der Waals surface area contributed by atoms with Gasteiger partial charge in [-0.05, 0) is 18.1 Å². The van der Waals surface area contributed by atoms with E-state index in [0.29, 0.717) is 11.8 Å². The molecule has 1 aromatic carbocycles. The SMILES string of the molecule is Cc1ccccc1C(F)C=O. The lowest BCUT2D eigenvalue weighted by Gasteiger charge is -2.03. The molecule has 0 N–H and O–H groups in total. The second-order valence-electron chi connectivity index (χ2n) is 2.39. The molecule has 11 heavy (non-hydrogen) atoms. The zero-order chi connectivity index (χ0) is 8.27. The molecule has 2 heteroatoms. The first kappa shape index (κ1) is 7.92. The lowest BCUT2D eigenvalue weighted by molar-refractivity contribution is -0.112. The summed E-state index contributed by atoms with van der Waals surface area (Å²) in [6.45, 7) is 1.78. The monoisotopic (exact) mass is 152 g/mol. The van der Waals surface area contributed by atoms with Crippen molar-refractivity contribution in [3.63, 3.8) is 0 Å². The molecule has 0 spiro atoms. The Morgan fingerprint density at radius 1 is 1.45 bits per heavy atom. The van der Waals surface area contributed by atoms with Gasteiger partial charge in [-0.1, -0.05) is 24.3 Å². The highest BCUT2D eigenvalue weighted by atomic mass is 19.1. The molecule has 0 aliphatic carbocycles. The van der Waals surface area contributed by atoms with Gasteiger partial charge in [0.25, 0.3) is 0 Å². The third kappa shape index (κ3) is 1.64. The molecule has 1 rings (SSSR count). The quantitative estimate of drug-likeness (QED) is 0.594. The van der Waals surface area contributed by atoms with Crippen molar-refractivity contribution in [2.75, 3.05) is 0 Å². The zero-order valence-corrected chi connectivity index (χ0v) is 6.25. The van der Waals surface area contributed by atoms with Crippen LogP contribution in [0.4, 0.5) is 4.39 Å². The standard InChI is InChI=1S/C9H9FO/c1-7-4-2-3-5-8(7)9(10)6-11/h2-6,9H,1H3. The molecule has 0 aromatic heterocycles. The van der Waals surface area contributed by atoms with Crippen LogP contribution in [0.5, 0.6) is 0 Å². The van der Waals surface area contributed by atoms with Gasteiger partial charge in [0.05, 0.1) is 0 Å². The highest BCUT2D eigenvalue weighted by Gasteiger charge is 2.08. The molecule has 0 aliphatic rings. The molecule has 0 fully saturated rings. The summed E-state index contributed by atoms with van der Waals surface area (Å²) in [5.41, 5.74) is 1.27. The van der Waals surface area contributed by atoms with Crippen molar-refractivity contribution in [1.82, 2.24) is 0 Å². The van der Waals surface area contributed by atoms with Crippen molar-refractivity contribution in [1.29, 1.82) is 0 Å². The molecule has 1 aromatic rings. The molecule has 0 bridgehead atoms. The number of alkyl halides is 1. The van der Waals surface area contributed by atoms with Crippen molar-refractivity contribution < 1.29 is 9.18 Å². The number of hydrogen-bond acceptors (Lipinski definition) is 1. The number of halogens is 1. The van der Waals surface area contributed by atoms with Gasteiger partial charge < -0.3 is 0 Å². The smallest absolute Gasteiger partial charge is 0.180 e. The van der Waals surface area contributed by atoms with Crippen LogP contribution >= 0.6 is 0 Å². The fourth-order valence-electron chi connectivity index (χ4n) is 0.970. The predicted molar refractivity (Wildman–Crippen MR) is 41.1 cm³/mol. The van der Waals surface area contributed by atoms with Crippen LogP contribution in [0, 0.1) is 6.92 Å². The van der Waals surface area contributed by atoms with Crippen LogP contribution in [-0.4, -0.2) is 6.29 Å². The lowest BCUT2D eigenvalue weighted by atomic mass is 10.1. The first-order valence-corrected chi connectivity index (χ1v) is 3.40. The fourth-order valence-corrected chi connectivity index (χ4v) is 0.970. The number of aldehydes is 1. The second kappa shape index (κ2) is 3.28. The van der Waals surface area contributed by atoms with E-state index in [1.165, 1.54) is 0 Å². The van der Waals surface area contributed by atoms with Gasteiger partial charge in [0.1, 0.15) is 0 Å². The van der Waals surface area contributed by atoms with Gasteiger partial charge in [0.15, 0.2) is 12.5 Å². The van der Waals surface area contributed by atoms with E-state index in [2.05, 4.69) is 0 Å². The number of aryl methyl sites for hydroxylation is 1. The Bertz CT molecular complexity index is 257. The Morgan fingerprint density at radius 3 is 2.64 bits per heavy atom. The van der Waals surface area contributed by atoms with E-state index in [9.17, 15) is 9.18 Å². The molecule has 1 atom stereocenters. The Kier molecular flexibility index (Phi) is 2.36. The van der Waals surface area contributed by atoms with Crippen molar-refractivity contribution in [2.45, 2.75) is 13.1 Å². The fraction of sp³-hybridized carbons (Fsp3) is 0.222. The van der Waals surface area contributed by atoms with Crippen LogP contribution in [0.25, 0.3) is 0 Å². The van der Waals surface area contributed by atoms with Crippen LogP contribution in [0.1, 0.15) is 17.3 Å². The van der Waals surface area contributed by atoms with E-state index in [1.54, 1.807) is 25.1 Å². The summed E-state index contributed by atoms with van der Waals surface area (Å²) in [5, 5.41) is 0. The average molecular weight is 152 g/mol. The molecular weight excluding hydrogens is 143 g/mol. The highest BCUT2D eigenvalue weighted by Crippen LogP contribution is 2.18. The predicted octanol–water partition coefficient (Wildman–Crippen LogP) is 2.20. The van der Waals surface area contributed by atoms with Gasteiger partial charge in [-0.2, -0.15) is 0 Å². The number of carbonyl (C=O) groups is 1. The van der Waals surface area contributed by atoms with Crippen molar-refractivity contribution in [3.8, 4) is 0 Å². The number of benzene rings is 1. The summed E-state index contributed by atoms with van der Waals surface area (Å²) in [6, 6.07) is 6.94. The Morgan fingerprint density at radius 2 is 2.09 bits per heavy atom. The number of hydrogen-bond donors (Lipinski definition) is 0. The largest absolute Gasteiger partial charge is 0.300 e. The molecule has 1 nitrogen and oxygen atoms in total. The van der Waals surface area contributed by atoms with Crippen molar-refractivity contribution >= 4 is 6.29 Å². The molecule has 1 unspecified atom stereocenters. The van der Waals surface area contributed by atoms with Gasteiger partial charge in [-0.3, -0.25) is 4.79 Å². The summed E-state index contributed by atoms with van der Waals surface area (Å²) in [6.07, 6.45) is -1.17. The Balaban J connectivity index is 3.02. The minimum atomic E-state index is -1.48. The molecule has 0 amide bonds. The van der Waals surface area contributed by atoms with Gasteiger partial charge in [0, 0.05) is 0 Å². The summed E-state index contributed by atoms with van der Waals surface area (Å²) < 4.78 is 12.8. The van der Waals surface area contributed by atoms with Crippen LogP contribution in [0.2, 0.25) is 0 Å². The molecule has 0 saturated carbocycles. The zero-order valence-electron chi connectivity index (χ0n) is 6.25. The second-order valence-corrected chi connectivity index (χ2v) is 2.39. The highest BCUT2D eigenvalue weighted by molar-refractivity contribution is 5.60. The first-order valence-electron chi connectivity index (χ1n) is 3.40. The summed E-state index contributed by atoms with van der Waals surface area (Å²) >= 11 is 0. The van der Waals surface area contributed by atoms with Crippen LogP contribution in [0.15, 0.2) is 24.3 Å². The summed E-state index contributed by atoms with van der Waals surface area (Å²) in [4.78, 5) is 10.1. The normalized spacial score (nSPS) is 12.5. The Labute approximate surface area is 64.9 Å². The van der Waals surface area contributed by atoms with Crippen LogP contribution in [-0.2, 0) is 4.79 Å². The van der Waals surface area contributed by atoms with Gasteiger partial charge in [-0.25, -0.2) is 4.39 Å². The van der Waals surface area contributed by atoms with E-state index < -0.39 is 6.17 Å². The van der Waals surface area contributed by atoms with Gasteiger partial charge >= 0.3 is 0 Å². The van der Waals surface area contributed by atoms with Crippen molar-refractivity contribution in [2.24, 2.45) is 0 Å². The maximum absolute atomic E-state index is 12.8. The minimum Gasteiger partial charge on any atom is -0.300 e. The first-order chi connectivity index (χ1) is 5.25. The summed E-state index contributed by atoms with van der Waals surface area (Å²) in [5.74, 6) is 0. The topological polar surface area (TPSA) is 17.1 Å². The maximum Gasteiger partial charge on any atom is 0.180 e. The van der Waals surface area contributed by atoms with E-state index in [0.717, 1.165) is 5.56 Å². The maximum atomic E-state index is 12.8. The number of rotatable bonds is 2. The van der Waals surface area contributed by atoms with Crippen LogP contribution < -0.4 is 0 Å². The Hall–Kier alpha value is -1.18. The van der Waals surface area contributed by atoms with E-state index in [1.807, 2.05) is 6.07 Å². The average Bonchev–Trinajstić information content (AvgIpc) is 2.04. The molecule has 0 heterocycles. The molecule has 0 aliphatic heterocycles. The van der Waals surface area contributed by atoms with Gasteiger partial charge in [-0.15, -0.1) is 0 Å². The van der Waals surface area contributed by atoms with E-state index in [4.69, 9.17) is 0 Å². The molecule has 0 saturated heterocycles. The molecule has 58 valence electrons. The molecule has 0 radical (unpaired) electrons. The number of carbonyl (C=O) groups excluding carboxylic acids is 1. The van der Waals surface area contributed by atoms with Crippen LogP contribution in [0.3, 0.4) is 0 Å². The van der Waals surface area contributed by atoms with Crippen molar-refractivity contribution in [3.05, 3.63) is 35.4 Å². The minimum absolute atomic E-state index is 0.308. The third-order valence-corrected chi connectivity index (χ3v) is 1.61. The third-order valence-electron chi connectivity index (χ3n) is 1.61. The van der Waals surface area contributed by atoms with E-state index >= 15 is 0 Å². The van der Waals surface area contributed by atoms with E-state index in [-0.39, 0.29) is 0 Å². The van der Waals surface area contributed by atoms with Gasteiger partial charge in [0.2, 0.25) is 0 Å². The molecular formula is C9H9FO. The lowest BCUT2D eigenvalue weighted by Crippen LogP contribution is -1.94.